The van der Waals surface area contributed by atoms with Crippen molar-refractivity contribution in [3.8, 4) is 0 Å². The van der Waals surface area contributed by atoms with Crippen molar-refractivity contribution < 1.29 is 9.59 Å². The van der Waals surface area contributed by atoms with Crippen LogP contribution >= 0.6 is 0 Å². The zero-order valence-corrected chi connectivity index (χ0v) is 11.3. The van der Waals surface area contributed by atoms with Gasteiger partial charge in [0, 0.05) is 39.0 Å². The van der Waals surface area contributed by atoms with Crippen LogP contribution < -0.4 is 10.6 Å². The summed E-state index contributed by atoms with van der Waals surface area (Å²) < 4.78 is 0. The van der Waals surface area contributed by atoms with E-state index < -0.39 is 0 Å². The molecule has 5 nitrogen and oxygen atoms in total. The molecule has 0 spiro atoms. The Balaban J connectivity index is 2.13. The van der Waals surface area contributed by atoms with E-state index in [0.717, 1.165) is 45.6 Å². The smallest absolute Gasteiger partial charge is 0.222 e. The average Bonchev–Trinajstić information content (AvgIpc) is 2.65. The summed E-state index contributed by atoms with van der Waals surface area (Å²) in [4.78, 5) is 25.2. The topological polar surface area (TPSA) is 61.4 Å². The van der Waals surface area contributed by atoms with E-state index in [1.807, 2.05) is 11.8 Å². The molecule has 104 valence electrons. The lowest BCUT2D eigenvalue weighted by molar-refractivity contribution is -0.131. The molecule has 0 aromatic rings. The van der Waals surface area contributed by atoms with E-state index >= 15 is 0 Å². The molecule has 0 aromatic heterocycles. The van der Waals surface area contributed by atoms with Crippen LogP contribution in [0.15, 0.2) is 0 Å². The van der Waals surface area contributed by atoms with Crippen LogP contribution in [-0.4, -0.2) is 49.4 Å². The largest absolute Gasteiger partial charge is 0.356 e. The van der Waals surface area contributed by atoms with Crippen molar-refractivity contribution in [2.24, 2.45) is 0 Å². The molecule has 1 aliphatic heterocycles. The summed E-state index contributed by atoms with van der Waals surface area (Å²) >= 11 is 0. The van der Waals surface area contributed by atoms with E-state index in [0.29, 0.717) is 19.3 Å². The van der Waals surface area contributed by atoms with Crippen LogP contribution in [0.5, 0.6) is 0 Å². The molecule has 18 heavy (non-hydrogen) atoms. The van der Waals surface area contributed by atoms with Crippen molar-refractivity contribution in [3.05, 3.63) is 0 Å². The van der Waals surface area contributed by atoms with Crippen LogP contribution in [0.1, 0.15) is 39.0 Å². The lowest BCUT2D eigenvalue weighted by atomic mass is 10.2. The van der Waals surface area contributed by atoms with E-state index in [9.17, 15) is 9.59 Å². The van der Waals surface area contributed by atoms with Crippen LogP contribution in [0, 0.1) is 0 Å². The SMILES string of the molecule is CCCNC(=O)CCCC(=O)N1CCCNCC1. The van der Waals surface area contributed by atoms with Gasteiger partial charge in [0.25, 0.3) is 0 Å². The van der Waals surface area contributed by atoms with E-state index in [4.69, 9.17) is 0 Å². The summed E-state index contributed by atoms with van der Waals surface area (Å²) in [6, 6.07) is 0. The van der Waals surface area contributed by atoms with Crippen molar-refractivity contribution in [3.63, 3.8) is 0 Å². The molecule has 0 unspecified atom stereocenters. The first-order valence-corrected chi connectivity index (χ1v) is 6.99. The lowest BCUT2D eigenvalue weighted by Crippen LogP contribution is -2.34. The predicted octanol–water partition coefficient (Wildman–Crippen LogP) is 0.505. The molecule has 1 rings (SSSR count). The Morgan fingerprint density at radius 2 is 2.06 bits per heavy atom. The van der Waals surface area contributed by atoms with Crippen LogP contribution in [-0.2, 0) is 9.59 Å². The fraction of sp³-hybridized carbons (Fsp3) is 0.846. The highest BCUT2D eigenvalue weighted by molar-refractivity contribution is 5.78. The van der Waals surface area contributed by atoms with E-state index in [2.05, 4.69) is 10.6 Å². The normalized spacial score (nSPS) is 16.2. The van der Waals surface area contributed by atoms with Crippen LogP contribution in [0.25, 0.3) is 0 Å². The summed E-state index contributed by atoms with van der Waals surface area (Å²) in [6.07, 6.45) is 3.56. The number of rotatable bonds is 6. The third kappa shape index (κ3) is 6.00. The van der Waals surface area contributed by atoms with Gasteiger partial charge in [0.1, 0.15) is 0 Å². The van der Waals surface area contributed by atoms with Crippen molar-refractivity contribution in [1.29, 1.82) is 0 Å². The monoisotopic (exact) mass is 255 g/mol. The first kappa shape index (κ1) is 15.0. The zero-order valence-electron chi connectivity index (χ0n) is 11.3. The van der Waals surface area contributed by atoms with E-state index in [-0.39, 0.29) is 11.8 Å². The maximum Gasteiger partial charge on any atom is 0.222 e. The molecule has 0 aromatic carbocycles. The van der Waals surface area contributed by atoms with Gasteiger partial charge in [-0.1, -0.05) is 6.92 Å². The van der Waals surface area contributed by atoms with Gasteiger partial charge in [-0.3, -0.25) is 9.59 Å². The Morgan fingerprint density at radius 1 is 1.22 bits per heavy atom. The number of amides is 2. The molecular weight excluding hydrogens is 230 g/mol. The van der Waals surface area contributed by atoms with Crippen LogP contribution in [0.2, 0.25) is 0 Å². The second kappa shape index (κ2) is 8.91. The first-order chi connectivity index (χ1) is 8.74. The summed E-state index contributed by atoms with van der Waals surface area (Å²) in [7, 11) is 0. The number of hydrogen-bond acceptors (Lipinski definition) is 3. The maximum absolute atomic E-state index is 11.9. The maximum atomic E-state index is 11.9. The molecule has 1 fully saturated rings. The highest BCUT2D eigenvalue weighted by Crippen LogP contribution is 2.03. The van der Waals surface area contributed by atoms with Gasteiger partial charge in [-0.2, -0.15) is 0 Å². The highest BCUT2D eigenvalue weighted by Gasteiger charge is 2.14. The third-order valence-electron chi connectivity index (χ3n) is 3.06. The second-order valence-electron chi connectivity index (χ2n) is 4.69. The minimum Gasteiger partial charge on any atom is -0.356 e. The van der Waals surface area contributed by atoms with Gasteiger partial charge in [0.15, 0.2) is 0 Å². The standard InChI is InChI=1S/C13H25N3O2/c1-2-7-15-12(17)5-3-6-13(18)16-10-4-8-14-9-11-16/h14H,2-11H2,1H3,(H,15,17). The molecule has 5 heteroatoms. The number of nitrogens with zero attached hydrogens (tertiary/aromatic N) is 1. The third-order valence-corrected chi connectivity index (χ3v) is 3.06. The van der Waals surface area contributed by atoms with E-state index in [1.54, 1.807) is 0 Å². The van der Waals surface area contributed by atoms with Gasteiger partial charge >= 0.3 is 0 Å². The molecule has 1 aliphatic rings. The fourth-order valence-electron chi connectivity index (χ4n) is 2.01. The quantitative estimate of drug-likeness (QED) is 0.727. The van der Waals surface area contributed by atoms with Gasteiger partial charge in [-0.15, -0.1) is 0 Å². The van der Waals surface area contributed by atoms with E-state index in [1.165, 1.54) is 0 Å². The molecule has 0 bridgehead atoms. The summed E-state index contributed by atoms with van der Waals surface area (Å²) in [5.41, 5.74) is 0. The second-order valence-corrected chi connectivity index (χ2v) is 4.69. The lowest BCUT2D eigenvalue weighted by Gasteiger charge is -2.19. The summed E-state index contributed by atoms with van der Waals surface area (Å²) in [6.45, 7) is 6.25. The molecule has 0 atom stereocenters. The number of nitrogens with one attached hydrogen (secondary N) is 2. The highest BCUT2D eigenvalue weighted by atomic mass is 16.2. The predicted molar refractivity (Wildman–Crippen MR) is 71.2 cm³/mol. The minimum absolute atomic E-state index is 0.0576. The molecular formula is C13H25N3O2. The van der Waals surface area contributed by atoms with Crippen molar-refractivity contribution in [1.82, 2.24) is 15.5 Å². The fourth-order valence-corrected chi connectivity index (χ4v) is 2.01. The van der Waals surface area contributed by atoms with Gasteiger partial charge < -0.3 is 15.5 Å². The van der Waals surface area contributed by atoms with Crippen molar-refractivity contribution in [2.45, 2.75) is 39.0 Å². The van der Waals surface area contributed by atoms with Gasteiger partial charge in [0.2, 0.25) is 11.8 Å². The molecule has 2 N–H and O–H groups in total. The zero-order chi connectivity index (χ0) is 13.2. The first-order valence-electron chi connectivity index (χ1n) is 6.99. The number of carbonyl (C=O) groups is 2. The van der Waals surface area contributed by atoms with Gasteiger partial charge in [0.05, 0.1) is 0 Å². The molecule has 2 amide bonds. The summed E-state index contributed by atoms with van der Waals surface area (Å²) in [5.74, 6) is 0.240. The van der Waals surface area contributed by atoms with Crippen LogP contribution in [0.4, 0.5) is 0 Å². The molecule has 1 saturated heterocycles. The average molecular weight is 255 g/mol. The van der Waals surface area contributed by atoms with Gasteiger partial charge in [-0.05, 0) is 25.8 Å². The van der Waals surface area contributed by atoms with Crippen molar-refractivity contribution in [2.75, 3.05) is 32.7 Å². The number of carbonyl (C=O) groups excluding carboxylic acids is 2. The Morgan fingerprint density at radius 3 is 2.83 bits per heavy atom. The van der Waals surface area contributed by atoms with Crippen molar-refractivity contribution >= 4 is 11.8 Å². The summed E-state index contributed by atoms with van der Waals surface area (Å²) in [5, 5.41) is 6.09. The molecule has 1 heterocycles. The Hall–Kier alpha value is -1.10. The minimum atomic E-state index is 0.0576. The van der Waals surface area contributed by atoms with Gasteiger partial charge in [-0.25, -0.2) is 0 Å². The molecule has 0 aliphatic carbocycles. The Kier molecular flexibility index (Phi) is 7.41. The van der Waals surface area contributed by atoms with Crippen LogP contribution in [0.3, 0.4) is 0 Å². The molecule has 0 radical (unpaired) electrons. The Bertz CT molecular complexity index is 261. The molecule has 0 saturated carbocycles. The number of hydrogen-bond donors (Lipinski definition) is 2. The Labute approximate surface area is 109 Å².